The van der Waals surface area contributed by atoms with Crippen molar-refractivity contribution in [3.05, 3.63) is 119 Å². The van der Waals surface area contributed by atoms with Crippen molar-refractivity contribution in [2.45, 2.75) is 5.60 Å². The molecule has 4 heteroatoms. The molecule has 0 aliphatic carbocycles. The van der Waals surface area contributed by atoms with Crippen molar-refractivity contribution < 1.29 is 14.3 Å². The third kappa shape index (κ3) is 2.31. The van der Waals surface area contributed by atoms with Gasteiger partial charge in [0.25, 0.3) is 0 Å². The quantitative estimate of drug-likeness (QED) is 0.426. The predicted molar refractivity (Wildman–Crippen MR) is 114 cm³/mol. The minimum absolute atomic E-state index is 0.324. The zero-order valence-electron chi connectivity index (χ0n) is 16.0. The van der Waals surface area contributed by atoms with Crippen LogP contribution in [0, 0.1) is 0 Å². The SMILES string of the molecule is O=C1OC2(c3ccccc3Oc3ccc(Nc4ccccc4)cc32)c2ccccc21. The number of anilines is 2. The third-order valence-electron chi connectivity index (χ3n) is 5.68. The predicted octanol–water partition coefficient (Wildman–Crippen LogP) is 6.00. The van der Waals surface area contributed by atoms with E-state index in [1.165, 1.54) is 0 Å². The van der Waals surface area contributed by atoms with Crippen LogP contribution in [0.3, 0.4) is 0 Å². The number of hydrogen-bond donors (Lipinski definition) is 1. The first-order valence-corrected chi connectivity index (χ1v) is 9.82. The van der Waals surface area contributed by atoms with Gasteiger partial charge in [0.2, 0.25) is 0 Å². The van der Waals surface area contributed by atoms with Gasteiger partial charge in [-0.15, -0.1) is 0 Å². The molecule has 0 amide bonds. The lowest BCUT2D eigenvalue weighted by Gasteiger charge is -2.36. The van der Waals surface area contributed by atoms with Crippen molar-refractivity contribution in [2.75, 3.05) is 5.32 Å². The lowest BCUT2D eigenvalue weighted by atomic mass is 9.77. The maximum atomic E-state index is 12.9. The molecule has 0 bridgehead atoms. The van der Waals surface area contributed by atoms with Gasteiger partial charge in [0.1, 0.15) is 11.5 Å². The van der Waals surface area contributed by atoms with Crippen molar-refractivity contribution in [1.82, 2.24) is 0 Å². The van der Waals surface area contributed by atoms with Crippen molar-refractivity contribution >= 4 is 17.3 Å². The fourth-order valence-corrected chi connectivity index (χ4v) is 4.39. The highest BCUT2D eigenvalue weighted by Gasteiger charge is 2.53. The van der Waals surface area contributed by atoms with E-state index in [4.69, 9.17) is 9.47 Å². The minimum atomic E-state index is -1.04. The van der Waals surface area contributed by atoms with Gasteiger partial charge in [-0.1, -0.05) is 54.6 Å². The molecule has 2 aliphatic rings. The number of ether oxygens (including phenoxy) is 2. The Bertz CT molecular complexity index is 1300. The number of hydrogen-bond acceptors (Lipinski definition) is 4. The Morgan fingerprint density at radius 3 is 2.20 bits per heavy atom. The molecule has 4 aromatic rings. The number of benzene rings is 4. The number of para-hydroxylation sites is 2. The molecule has 1 unspecified atom stereocenters. The smallest absolute Gasteiger partial charge is 0.340 e. The van der Waals surface area contributed by atoms with Crippen LogP contribution in [0.5, 0.6) is 11.5 Å². The van der Waals surface area contributed by atoms with Crippen LogP contribution < -0.4 is 10.1 Å². The van der Waals surface area contributed by atoms with E-state index in [9.17, 15) is 4.79 Å². The van der Waals surface area contributed by atoms with Gasteiger partial charge >= 0.3 is 5.97 Å². The summed E-state index contributed by atoms with van der Waals surface area (Å²) in [7, 11) is 0. The molecule has 2 aliphatic heterocycles. The van der Waals surface area contributed by atoms with Crippen LogP contribution >= 0.6 is 0 Å². The largest absolute Gasteiger partial charge is 0.456 e. The van der Waals surface area contributed by atoms with Crippen LogP contribution in [0.1, 0.15) is 27.0 Å². The van der Waals surface area contributed by atoms with Crippen molar-refractivity contribution in [3.8, 4) is 11.5 Å². The number of carbonyl (C=O) groups is 1. The molecule has 0 fully saturated rings. The first-order chi connectivity index (χ1) is 14.8. The van der Waals surface area contributed by atoms with Gasteiger partial charge in [0.15, 0.2) is 5.60 Å². The van der Waals surface area contributed by atoms with Crippen LogP contribution in [0.15, 0.2) is 97.1 Å². The standard InChI is InChI=1S/C26H17NO3/c28-25-19-10-4-5-11-20(19)26(30-25)21-12-6-7-13-23(21)29-24-15-14-18(16-22(24)26)27-17-8-2-1-3-9-17/h1-16,27H. The first kappa shape index (κ1) is 16.9. The van der Waals surface area contributed by atoms with Crippen molar-refractivity contribution in [2.24, 2.45) is 0 Å². The minimum Gasteiger partial charge on any atom is -0.456 e. The van der Waals surface area contributed by atoms with Gasteiger partial charge in [0, 0.05) is 28.1 Å². The summed E-state index contributed by atoms with van der Waals surface area (Å²) in [5, 5.41) is 3.42. The average molecular weight is 391 g/mol. The maximum absolute atomic E-state index is 12.9. The summed E-state index contributed by atoms with van der Waals surface area (Å²) in [6.45, 7) is 0. The Hall–Kier alpha value is -4.05. The number of fused-ring (bicyclic) bond motifs is 6. The van der Waals surface area contributed by atoms with E-state index in [1.54, 1.807) is 0 Å². The van der Waals surface area contributed by atoms with E-state index >= 15 is 0 Å². The summed E-state index contributed by atoms with van der Waals surface area (Å²) in [6.07, 6.45) is 0. The van der Waals surface area contributed by atoms with Crippen molar-refractivity contribution in [3.63, 3.8) is 0 Å². The Labute approximate surface area is 173 Å². The molecule has 1 atom stereocenters. The number of rotatable bonds is 2. The molecule has 4 aromatic carbocycles. The second-order valence-corrected chi connectivity index (χ2v) is 7.42. The number of carbonyl (C=O) groups excluding carboxylic acids is 1. The molecule has 0 radical (unpaired) electrons. The van der Waals surface area contributed by atoms with Crippen LogP contribution in [-0.4, -0.2) is 5.97 Å². The fourth-order valence-electron chi connectivity index (χ4n) is 4.39. The molecule has 144 valence electrons. The Morgan fingerprint density at radius 2 is 1.33 bits per heavy atom. The molecule has 0 aromatic heterocycles. The highest BCUT2D eigenvalue weighted by molar-refractivity contribution is 5.97. The number of nitrogens with one attached hydrogen (secondary N) is 1. The highest BCUT2D eigenvalue weighted by Crippen LogP contribution is 2.56. The summed E-state index contributed by atoms with van der Waals surface area (Å²) in [6, 6.07) is 31.2. The summed E-state index contributed by atoms with van der Waals surface area (Å²) in [5.41, 5.74) is 3.89. The molecule has 4 nitrogen and oxygen atoms in total. The monoisotopic (exact) mass is 391 g/mol. The Morgan fingerprint density at radius 1 is 0.633 bits per heavy atom. The zero-order valence-corrected chi connectivity index (χ0v) is 16.0. The molecule has 6 rings (SSSR count). The van der Waals surface area contributed by atoms with Crippen LogP contribution in [0.4, 0.5) is 11.4 Å². The summed E-state index contributed by atoms with van der Waals surface area (Å²) in [4.78, 5) is 12.9. The molecule has 0 saturated carbocycles. The third-order valence-corrected chi connectivity index (χ3v) is 5.68. The molecular weight excluding hydrogens is 374 g/mol. The van der Waals surface area contributed by atoms with Crippen LogP contribution in [-0.2, 0) is 10.3 Å². The topological polar surface area (TPSA) is 47.6 Å². The first-order valence-electron chi connectivity index (χ1n) is 9.82. The molecule has 0 saturated heterocycles. The van der Waals surface area contributed by atoms with E-state index in [1.807, 2.05) is 97.1 Å². The Kier molecular flexibility index (Phi) is 3.50. The normalized spacial score (nSPS) is 18.1. The molecule has 2 heterocycles. The second kappa shape index (κ2) is 6.22. The lowest BCUT2D eigenvalue weighted by molar-refractivity contribution is 0.0224. The van der Waals surface area contributed by atoms with Crippen molar-refractivity contribution in [1.29, 1.82) is 0 Å². The van der Waals surface area contributed by atoms with Gasteiger partial charge < -0.3 is 14.8 Å². The fraction of sp³-hybridized carbons (Fsp3) is 0.0385. The van der Waals surface area contributed by atoms with E-state index < -0.39 is 5.60 Å². The summed E-state index contributed by atoms with van der Waals surface area (Å²) < 4.78 is 12.4. The highest BCUT2D eigenvalue weighted by atomic mass is 16.6. The van der Waals surface area contributed by atoms with Crippen LogP contribution in [0.25, 0.3) is 0 Å². The summed E-state index contributed by atoms with van der Waals surface area (Å²) >= 11 is 0. The van der Waals surface area contributed by atoms with E-state index in [-0.39, 0.29) is 5.97 Å². The van der Waals surface area contributed by atoms with Gasteiger partial charge in [-0.3, -0.25) is 0 Å². The van der Waals surface area contributed by atoms with E-state index in [0.717, 1.165) is 28.1 Å². The van der Waals surface area contributed by atoms with Gasteiger partial charge in [0.05, 0.1) is 5.56 Å². The molecule has 1 N–H and O–H groups in total. The zero-order chi connectivity index (χ0) is 20.1. The summed E-state index contributed by atoms with van der Waals surface area (Å²) in [5.74, 6) is 1.05. The maximum Gasteiger partial charge on any atom is 0.340 e. The second-order valence-electron chi connectivity index (χ2n) is 7.42. The lowest BCUT2D eigenvalue weighted by Crippen LogP contribution is -2.33. The Balaban J connectivity index is 1.59. The van der Waals surface area contributed by atoms with E-state index in [0.29, 0.717) is 17.1 Å². The van der Waals surface area contributed by atoms with Gasteiger partial charge in [-0.05, 0) is 42.5 Å². The van der Waals surface area contributed by atoms with Crippen LogP contribution in [0.2, 0.25) is 0 Å². The average Bonchev–Trinajstić information content (AvgIpc) is 3.09. The molecule has 1 spiro atoms. The molecule has 30 heavy (non-hydrogen) atoms. The number of esters is 1. The molecular formula is C26H17NO3. The van der Waals surface area contributed by atoms with Gasteiger partial charge in [-0.25, -0.2) is 4.79 Å². The van der Waals surface area contributed by atoms with Gasteiger partial charge in [-0.2, -0.15) is 0 Å². The van der Waals surface area contributed by atoms with E-state index in [2.05, 4.69) is 5.32 Å².